The molecule has 1 amide bonds. The topological polar surface area (TPSA) is 128 Å². The first-order valence-corrected chi connectivity index (χ1v) is 10.7. The molecule has 0 aliphatic carbocycles. The van der Waals surface area contributed by atoms with E-state index in [2.05, 4.69) is 26.6 Å². The third-order valence-corrected chi connectivity index (χ3v) is 5.46. The van der Waals surface area contributed by atoms with Gasteiger partial charge in [0, 0.05) is 31.0 Å². The van der Waals surface area contributed by atoms with Gasteiger partial charge in [-0.1, -0.05) is 0 Å². The summed E-state index contributed by atoms with van der Waals surface area (Å²) in [6.07, 6.45) is 0.978. The SMILES string of the molecule is COc1ccc(C(=O)NCCNc2ccc(S(C)(=O)=O)cc2[N+](=O)[O-])cc1Br. The summed E-state index contributed by atoms with van der Waals surface area (Å²) in [7, 11) is -2.03. The lowest BCUT2D eigenvalue weighted by atomic mass is 10.2. The minimum absolute atomic E-state index is 0.136. The van der Waals surface area contributed by atoms with Crippen molar-refractivity contribution in [1.82, 2.24) is 5.32 Å². The van der Waals surface area contributed by atoms with Gasteiger partial charge in [-0.05, 0) is 46.3 Å². The van der Waals surface area contributed by atoms with Gasteiger partial charge in [-0.2, -0.15) is 0 Å². The number of halogens is 1. The van der Waals surface area contributed by atoms with Crippen molar-refractivity contribution in [2.24, 2.45) is 0 Å². The molecule has 0 saturated heterocycles. The third kappa shape index (κ3) is 5.42. The van der Waals surface area contributed by atoms with Crippen molar-refractivity contribution < 1.29 is 22.9 Å². The van der Waals surface area contributed by atoms with Crippen molar-refractivity contribution in [2.45, 2.75) is 4.90 Å². The van der Waals surface area contributed by atoms with E-state index in [0.717, 1.165) is 12.3 Å². The van der Waals surface area contributed by atoms with E-state index in [1.165, 1.54) is 19.2 Å². The number of nitro benzene ring substituents is 1. The molecule has 0 fully saturated rings. The van der Waals surface area contributed by atoms with Crippen LogP contribution in [0, 0.1) is 10.1 Å². The lowest BCUT2D eigenvalue weighted by molar-refractivity contribution is -0.384. The quantitative estimate of drug-likeness (QED) is 0.344. The van der Waals surface area contributed by atoms with E-state index in [9.17, 15) is 23.3 Å². The molecule has 2 N–H and O–H groups in total. The number of hydrogen-bond donors (Lipinski definition) is 2. The van der Waals surface area contributed by atoms with Crippen LogP contribution in [0.2, 0.25) is 0 Å². The van der Waals surface area contributed by atoms with Gasteiger partial charge in [-0.15, -0.1) is 0 Å². The van der Waals surface area contributed by atoms with Gasteiger partial charge in [0.05, 0.1) is 21.4 Å². The molecule has 2 rings (SSSR count). The number of carbonyl (C=O) groups is 1. The van der Waals surface area contributed by atoms with E-state index < -0.39 is 14.8 Å². The van der Waals surface area contributed by atoms with Crippen LogP contribution >= 0.6 is 15.9 Å². The summed E-state index contributed by atoms with van der Waals surface area (Å²) < 4.78 is 28.9. The predicted octanol–water partition coefficient (Wildman–Crippen LogP) is 2.61. The Hall–Kier alpha value is -2.66. The van der Waals surface area contributed by atoms with Crippen LogP contribution in [0.25, 0.3) is 0 Å². The summed E-state index contributed by atoms with van der Waals surface area (Å²) in [6.45, 7) is 0.412. The highest BCUT2D eigenvalue weighted by Crippen LogP contribution is 2.27. The van der Waals surface area contributed by atoms with Crippen LogP contribution < -0.4 is 15.4 Å². The van der Waals surface area contributed by atoms with Crippen molar-refractivity contribution >= 4 is 43.0 Å². The first-order chi connectivity index (χ1) is 13.1. The molecule has 0 aromatic heterocycles. The molecule has 0 aliphatic heterocycles. The van der Waals surface area contributed by atoms with Gasteiger partial charge in [0.25, 0.3) is 11.6 Å². The maximum Gasteiger partial charge on any atom is 0.293 e. The number of methoxy groups -OCH3 is 1. The smallest absolute Gasteiger partial charge is 0.293 e. The zero-order valence-corrected chi connectivity index (χ0v) is 17.5. The number of sulfone groups is 1. The molecule has 28 heavy (non-hydrogen) atoms. The maximum absolute atomic E-state index is 12.2. The second-order valence-corrected chi connectivity index (χ2v) is 8.61. The Labute approximate surface area is 170 Å². The highest BCUT2D eigenvalue weighted by Gasteiger charge is 2.18. The molecule has 2 aromatic rings. The molecule has 150 valence electrons. The highest BCUT2D eigenvalue weighted by molar-refractivity contribution is 9.10. The molecule has 2 aromatic carbocycles. The molecular formula is C17H18BrN3O6S. The Bertz CT molecular complexity index is 1010. The molecule has 0 heterocycles. The summed E-state index contributed by atoms with van der Waals surface area (Å²) in [5, 5.41) is 16.7. The molecule has 11 heteroatoms. The monoisotopic (exact) mass is 471 g/mol. The minimum atomic E-state index is -3.55. The molecular weight excluding hydrogens is 454 g/mol. The number of rotatable bonds is 8. The van der Waals surface area contributed by atoms with Gasteiger partial charge in [-0.25, -0.2) is 8.42 Å². The number of ether oxygens (including phenoxy) is 1. The second kappa shape index (κ2) is 9.02. The first kappa shape index (κ1) is 21.6. The summed E-state index contributed by atoms with van der Waals surface area (Å²) >= 11 is 3.31. The number of nitrogens with one attached hydrogen (secondary N) is 2. The van der Waals surface area contributed by atoms with Crippen LogP contribution in [-0.4, -0.2) is 45.7 Å². The van der Waals surface area contributed by atoms with Crippen molar-refractivity contribution in [3.63, 3.8) is 0 Å². The van der Waals surface area contributed by atoms with Gasteiger partial charge in [0.2, 0.25) is 0 Å². The fourth-order valence-electron chi connectivity index (χ4n) is 2.33. The van der Waals surface area contributed by atoms with Gasteiger partial charge in [-0.3, -0.25) is 14.9 Å². The molecule has 0 unspecified atom stereocenters. The molecule has 9 nitrogen and oxygen atoms in total. The Morgan fingerprint density at radius 1 is 1.21 bits per heavy atom. The average molecular weight is 472 g/mol. The highest BCUT2D eigenvalue weighted by atomic mass is 79.9. The van der Waals surface area contributed by atoms with Crippen LogP contribution in [0.4, 0.5) is 11.4 Å². The van der Waals surface area contributed by atoms with Gasteiger partial charge in [0.15, 0.2) is 9.84 Å². The van der Waals surface area contributed by atoms with Gasteiger partial charge < -0.3 is 15.4 Å². The van der Waals surface area contributed by atoms with Crippen molar-refractivity contribution in [2.75, 3.05) is 31.8 Å². The van der Waals surface area contributed by atoms with Crippen LogP contribution in [0.1, 0.15) is 10.4 Å². The van der Waals surface area contributed by atoms with E-state index >= 15 is 0 Å². The van der Waals surface area contributed by atoms with E-state index in [1.54, 1.807) is 18.2 Å². The minimum Gasteiger partial charge on any atom is -0.496 e. The lowest BCUT2D eigenvalue weighted by Crippen LogP contribution is -2.28. The Kier molecular flexibility index (Phi) is 6.97. The number of benzene rings is 2. The Morgan fingerprint density at radius 2 is 1.93 bits per heavy atom. The van der Waals surface area contributed by atoms with Gasteiger partial charge in [0.1, 0.15) is 11.4 Å². The fraction of sp³-hybridized carbons (Fsp3) is 0.235. The van der Waals surface area contributed by atoms with Crippen molar-refractivity contribution in [3.8, 4) is 5.75 Å². The zero-order chi connectivity index (χ0) is 20.9. The summed E-state index contributed by atoms with van der Waals surface area (Å²) in [4.78, 5) is 22.6. The number of amides is 1. The normalized spacial score (nSPS) is 11.0. The molecule has 0 radical (unpaired) electrons. The molecule has 0 aliphatic rings. The number of carbonyl (C=O) groups excluding carboxylic acids is 1. The van der Waals surface area contributed by atoms with Crippen molar-refractivity contribution in [1.29, 1.82) is 0 Å². The fourth-order valence-corrected chi connectivity index (χ4v) is 3.51. The van der Waals surface area contributed by atoms with Crippen molar-refractivity contribution in [3.05, 3.63) is 56.5 Å². The molecule has 0 spiro atoms. The first-order valence-electron chi connectivity index (χ1n) is 7.97. The molecule has 0 atom stereocenters. The number of nitro groups is 1. The number of nitrogens with zero attached hydrogens (tertiary/aromatic N) is 1. The summed E-state index contributed by atoms with van der Waals surface area (Å²) in [5.74, 6) is 0.287. The number of hydrogen-bond acceptors (Lipinski definition) is 7. The largest absolute Gasteiger partial charge is 0.496 e. The van der Waals surface area contributed by atoms with E-state index in [1.807, 2.05) is 0 Å². The second-order valence-electron chi connectivity index (χ2n) is 5.74. The molecule has 0 bridgehead atoms. The molecule has 0 saturated carbocycles. The van der Waals surface area contributed by atoms with Crippen LogP contribution in [0.15, 0.2) is 45.8 Å². The van der Waals surface area contributed by atoms with Gasteiger partial charge >= 0.3 is 0 Å². The third-order valence-electron chi connectivity index (χ3n) is 3.73. The van der Waals surface area contributed by atoms with E-state index in [0.29, 0.717) is 15.8 Å². The maximum atomic E-state index is 12.2. The van der Waals surface area contributed by atoms with E-state index in [4.69, 9.17) is 4.74 Å². The van der Waals surface area contributed by atoms with E-state index in [-0.39, 0.29) is 35.3 Å². The average Bonchev–Trinajstić information content (AvgIpc) is 2.64. The number of anilines is 1. The van der Waals surface area contributed by atoms with Crippen LogP contribution in [0.3, 0.4) is 0 Å². The predicted molar refractivity (Wildman–Crippen MR) is 108 cm³/mol. The summed E-state index contributed by atoms with van der Waals surface area (Å²) in [5.41, 5.74) is 0.239. The van der Waals surface area contributed by atoms with Crippen LogP contribution in [-0.2, 0) is 9.84 Å². The van der Waals surface area contributed by atoms with Crippen LogP contribution in [0.5, 0.6) is 5.75 Å². The Balaban J connectivity index is 1.99. The Morgan fingerprint density at radius 3 is 2.50 bits per heavy atom. The lowest BCUT2D eigenvalue weighted by Gasteiger charge is -2.10. The summed E-state index contributed by atoms with van der Waals surface area (Å²) in [6, 6.07) is 8.52. The standard InChI is InChI=1S/C17H18BrN3O6S/c1-27-16-6-3-11(9-13(16)18)17(22)20-8-7-19-14-5-4-12(28(2,25)26)10-15(14)21(23)24/h3-6,9-10,19H,7-8H2,1-2H3,(H,20,22). The zero-order valence-electron chi connectivity index (χ0n) is 15.1.